The number of nitro groups is 1. The molecule has 2 aliphatic rings. The lowest BCUT2D eigenvalue weighted by molar-refractivity contribution is -0.384. The van der Waals surface area contributed by atoms with Gasteiger partial charge in [-0.25, -0.2) is 9.78 Å². The van der Waals surface area contributed by atoms with Crippen LogP contribution in [-0.2, 0) is 23.1 Å². The second-order valence-electron chi connectivity index (χ2n) is 14.8. The van der Waals surface area contributed by atoms with Crippen molar-refractivity contribution in [2.24, 2.45) is 11.3 Å². The average molecular weight is 658 g/mol. The van der Waals surface area contributed by atoms with Crippen LogP contribution in [0.25, 0.3) is 33.5 Å². The minimum absolute atomic E-state index is 0.0377. The van der Waals surface area contributed by atoms with E-state index in [1.54, 1.807) is 24.3 Å². The van der Waals surface area contributed by atoms with Crippen LogP contribution in [0, 0.1) is 21.4 Å². The van der Waals surface area contributed by atoms with Crippen molar-refractivity contribution in [1.29, 1.82) is 0 Å². The highest BCUT2D eigenvalue weighted by atomic mass is 16.6. The summed E-state index contributed by atoms with van der Waals surface area (Å²) in [6, 6.07) is 25.3. The van der Waals surface area contributed by atoms with Gasteiger partial charge in [0.2, 0.25) is 0 Å². The summed E-state index contributed by atoms with van der Waals surface area (Å²) in [4.78, 5) is 31.7. The number of ether oxygens (including phenoxy) is 1. The van der Waals surface area contributed by atoms with E-state index >= 15 is 0 Å². The van der Waals surface area contributed by atoms with Crippen molar-refractivity contribution in [2.75, 3.05) is 6.61 Å². The molecule has 1 aromatic heterocycles. The van der Waals surface area contributed by atoms with Crippen LogP contribution < -0.4 is 4.74 Å². The van der Waals surface area contributed by atoms with Gasteiger partial charge in [-0.05, 0) is 107 Å². The van der Waals surface area contributed by atoms with E-state index in [9.17, 15) is 14.9 Å². The number of carboxylic acids is 1. The topological polar surface area (TPSA) is 118 Å². The van der Waals surface area contributed by atoms with Gasteiger partial charge in [-0.15, -0.1) is 0 Å². The molecule has 49 heavy (non-hydrogen) atoms. The number of nitrogens with zero attached hydrogens (tertiary/aromatic N) is 2. The van der Waals surface area contributed by atoms with E-state index in [0.29, 0.717) is 29.0 Å². The molecule has 0 radical (unpaired) electrons. The fourth-order valence-corrected chi connectivity index (χ4v) is 9.06. The number of aromatic amines is 1. The number of fused-ring (bicyclic) bond motifs is 4. The molecule has 3 atom stereocenters. The Labute approximate surface area is 286 Å². The number of para-hydroxylation sites is 1. The van der Waals surface area contributed by atoms with Gasteiger partial charge in [0.15, 0.2) is 6.61 Å². The fourth-order valence-electron chi connectivity index (χ4n) is 9.06. The Hall–Kier alpha value is -4.98. The van der Waals surface area contributed by atoms with Crippen LogP contribution in [0.15, 0.2) is 78.9 Å². The first-order chi connectivity index (χ1) is 23.5. The summed E-state index contributed by atoms with van der Waals surface area (Å²) >= 11 is 0. The Morgan fingerprint density at radius 1 is 1.04 bits per heavy atom. The molecule has 0 saturated heterocycles. The molecule has 8 nitrogen and oxygen atoms in total. The van der Waals surface area contributed by atoms with E-state index in [-0.39, 0.29) is 21.4 Å². The van der Waals surface area contributed by atoms with E-state index in [4.69, 9.17) is 14.8 Å². The molecule has 0 amide bonds. The fraction of sp³-hybridized carbons (Fsp3) is 0.366. The van der Waals surface area contributed by atoms with Crippen molar-refractivity contribution in [2.45, 2.75) is 77.6 Å². The Balaban J connectivity index is 1.35. The van der Waals surface area contributed by atoms with Gasteiger partial charge in [-0.3, -0.25) is 10.1 Å². The zero-order valence-corrected chi connectivity index (χ0v) is 28.6. The van der Waals surface area contributed by atoms with Gasteiger partial charge in [0.05, 0.1) is 21.5 Å². The lowest BCUT2D eigenvalue weighted by Gasteiger charge is -2.56. The lowest BCUT2D eigenvalue weighted by Crippen LogP contribution is -2.50. The van der Waals surface area contributed by atoms with Gasteiger partial charge < -0.3 is 14.8 Å². The maximum absolute atomic E-state index is 12.3. The standard InChI is InChI=1S/C41H43N3O5/c1-25(2)26-13-16-33-27(21-26)14-18-36-40(3,19-8-20-41(33,36)4)23-32-30(31-11-5-6-12-35(31)44(47)48)15-17-34-38(32)43-39(42-34)28-9-7-10-29(22-28)49-24-37(45)46/h5-7,9-13,15-17,21-22,25,36H,8,14,18-20,23-24H2,1-4H3,(H,42,43)(H,45,46)/t36-,40+,41+/m0/s1. The van der Waals surface area contributed by atoms with E-state index in [0.717, 1.165) is 66.2 Å². The number of carboxylic acid groups (broad SMARTS) is 1. The summed E-state index contributed by atoms with van der Waals surface area (Å²) in [7, 11) is 0. The smallest absolute Gasteiger partial charge is 0.341 e. The van der Waals surface area contributed by atoms with Gasteiger partial charge in [0.1, 0.15) is 11.6 Å². The number of benzene rings is 4. The third-order valence-electron chi connectivity index (χ3n) is 11.4. The molecule has 252 valence electrons. The number of H-pyrrole nitrogens is 1. The van der Waals surface area contributed by atoms with E-state index in [1.165, 1.54) is 16.7 Å². The van der Waals surface area contributed by atoms with Gasteiger partial charge in [-0.2, -0.15) is 0 Å². The van der Waals surface area contributed by atoms with Crippen LogP contribution in [0.5, 0.6) is 5.75 Å². The van der Waals surface area contributed by atoms with Crippen molar-refractivity contribution < 1.29 is 19.6 Å². The minimum atomic E-state index is -1.05. The second-order valence-corrected chi connectivity index (χ2v) is 14.8. The summed E-state index contributed by atoms with van der Waals surface area (Å²) in [5, 5.41) is 21.4. The summed E-state index contributed by atoms with van der Waals surface area (Å²) in [5.74, 6) is 0.944. The molecule has 0 aliphatic heterocycles. The zero-order valence-electron chi connectivity index (χ0n) is 28.6. The van der Waals surface area contributed by atoms with Crippen LogP contribution in [0.2, 0.25) is 0 Å². The number of aryl methyl sites for hydroxylation is 1. The maximum atomic E-state index is 12.3. The second kappa shape index (κ2) is 12.5. The zero-order chi connectivity index (χ0) is 34.5. The van der Waals surface area contributed by atoms with Gasteiger partial charge in [-0.1, -0.05) is 82.6 Å². The van der Waals surface area contributed by atoms with Crippen molar-refractivity contribution in [3.8, 4) is 28.3 Å². The van der Waals surface area contributed by atoms with Gasteiger partial charge in [0.25, 0.3) is 5.69 Å². The monoisotopic (exact) mass is 657 g/mol. The molecule has 0 spiro atoms. The third-order valence-corrected chi connectivity index (χ3v) is 11.4. The van der Waals surface area contributed by atoms with Crippen LogP contribution in [0.1, 0.15) is 81.5 Å². The predicted molar refractivity (Wildman–Crippen MR) is 192 cm³/mol. The van der Waals surface area contributed by atoms with Crippen LogP contribution in [-0.4, -0.2) is 32.6 Å². The molecule has 1 saturated carbocycles. The molecule has 2 aliphatic carbocycles. The normalized spacial score (nSPS) is 21.7. The SMILES string of the molecule is CC(C)c1ccc2c(c1)CC[C@H]1[C@@](C)(Cc3c(-c4ccccc4[N+](=O)[O-])ccc4[nH]c(-c5cccc(OCC(=O)O)c5)nc34)CCC[C@]21C. The predicted octanol–water partition coefficient (Wildman–Crippen LogP) is 9.64. The minimum Gasteiger partial charge on any atom is -0.482 e. The number of hydrogen-bond acceptors (Lipinski definition) is 5. The van der Waals surface area contributed by atoms with Crippen LogP contribution >= 0.6 is 0 Å². The summed E-state index contributed by atoms with van der Waals surface area (Å²) < 4.78 is 5.45. The molecule has 0 bridgehead atoms. The van der Waals surface area contributed by atoms with E-state index < -0.39 is 12.6 Å². The van der Waals surface area contributed by atoms with Crippen molar-refractivity contribution in [3.63, 3.8) is 0 Å². The largest absolute Gasteiger partial charge is 0.482 e. The molecule has 7 rings (SSSR count). The number of nitro benzene ring substituents is 1. The molecular formula is C41H43N3O5. The molecule has 1 fully saturated rings. The van der Waals surface area contributed by atoms with Gasteiger partial charge >= 0.3 is 5.97 Å². The van der Waals surface area contributed by atoms with Crippen LogP contribution in [0.3, 0.4) is 0 Å². The summed E-state index contributed by atoms with van der Waals surface area (Å²) in [5.41, 5.74) is 9.27. The number of aliphatic carboxylic acids is 1. The molecule has 2 N–H and O–H groups in total. The van der Waals surface area contributed by atoms with Crippen molar-refractivity contribution in [1.82, 2.24) is 9.97 Å². The Kier molecular flexibility index (Phi) is 8.29. The average Bonchev–Trinajstić information content (AvgIpc) is 3.52. The number of carbonyl (C=O) groups is 1. The molecule has 5 aromatic rings. The molecule has 1 heterocycles. The highest BCUT2D eigenvalue weighted by Crippen LogP contribution is 2.59. The first-order valence-electron chi connectivity index (χ1n) is 17.3. The summed E-state index contributed by atoms with van der Waals surface area (Å²) in [6.45, 7) is 8.98. The molecule has 4 aromatic carbocycles. The Morgan fingerprint density at radius 3 is 2.63 bits per heavy atom. The number of nitrogens with one attached hydrogen (secondary N) is 1. The molecule has 0 unspecified atom stereocenters. The maximum Gasteiger partial charge on any atom is 0.341 e. The van der Waals surface area contributed by atoms with E-state index in [1.807, 2.05) is 36.4 Å². The number of hydrogen-bond donors (Lipinski definition) is 2. The van der Waals surface area contributed by atoms with Crippen LogP contribution in [0.4, 0.5) is 5.69 Å². The highest BCUT2D eigenvalue weighted by Gasteiger charge is 2.52. The highest BCUT2D eigenvalue weighted by molar-refractivity contribution is 5.91. The first kappa shape index (κ1) is 32.6. The number of aromatic nitrogens is 2. The number of imidazole rings is 1. The third kappa shape index (κ3) is 5.87. The van der Waals surface area contributed by atoms with Gasteiger partial charge in [0, 0.05) is 11.6 Å². The Bertz CT molecular complexity index is 2080. The van der Waals surface area contributed by atoms with Crippen molar-refractivity contribution >= 4 is 22.7 Å². The lowest BCUT2D eigenvalue weighted by atomic mass is 9.48. The quantitative estimate of drug-likeness (QED) is 0.120. The van der Waals surface area contributed by atoms with E-state index in [2.05, 4.69) is 50.9 Å². The first-order valence-corrected chi connectivity index (χ1v) is 17.3. The summed E-state index contributed by atoms with van der Waals surface area (Å²) in [6.07, 6.45) is 6.22. The molecular weight excluding hydrogens is 614 g/mol. The number of rotatable bonds is 9. The Morgan fingerprint density at radius 2 is 1.86 bits per heavy atom. The molecule has 8 heteroatoms. The van der Waals surface area contributed by atoms with Crippen molar-refractivity contribution in [3.05, 3.63) is 111 Å².